The van der Waals surface area contributed by atoms with Gasteiger partial charge in [0.05, 0.1) is 28.4 Å². The van der Waals surface area contributed by atoms with Crippen LogP contribution >= 0.6 is 11.6 Å². The van der Waals surface area contributed by atoms with Crippen LogP contribution < -0.4 is 0 Å². The number of nitrogens with zero attached hydrogens (tertiary/aromatic N) is 2. The summed E-state index contributed by atoms with van der Waals surface area (Å²) in [5.41, 5.74) is 1.47. The third-order valence-corrected chi connectivity index (χ3v) is 3.59. The smallest absolute Gasteiger partial charge is 0.261 e. The number of aldehydes is 1. The Hall–Kier alpha value is -2.53. The molecule has 0 N–H and O–H groups in total. The van der Waals surface area contributed by atoms with Crippen molar-refractivity contribution in [1.29, 1.82) is 0 Å². The number of carbonyl (C=O) groups is 3. The van der Waals surface area contributed by atoms with E-state index >= 15 is 0 Å². The number of imide groups is 1. The van der Waals surface area contributed by atoms with Crippen molar-refractivity contribution in [3.63, 3.8) is 0 Å². The molecule has 2 heterocycles. The van der Waals surface area contributed by atoms with Crippen LogP contribution in [-0.2, 0) is 6.54 Å². The molecule has 104 valence electrons. The Balaban J connectivity index is 1.92. The third kappa shape index (κ3) is 2.21. The van der Waals surface area contributed by atoms with Crippen molar-refractivity contribution in [2.75, 3.05) is 0 Å². The van der Waals surface area contributed by atoms with Gasteiger partial charge in [-0.3, -0.25) is 24.3 Å². The molecule has 1 aromatic heterocycles. The van der Waals surface area contributed by atoms with E-state index in [0.717, 1.165) is 4.90 Å². The van der Waals surface area contributed by atoms with Gasteiger partial charge in [0.15, 0.2) is 6.29 Å². The number of rotatable bonds is 3. The SMILES string of the molecule is O=Cc1cnc(CN2C(=O)c3ccccc3C2=O)c(Cl)c1. The maximum atomic E-state index is 12.2. The second kappa shape index (κ2) is 5.10. The Labute approximate surface area is 125 Å². The summed E-state index contributed by atoms with van der Waals surface area (Å²) in [5.74, 6) is -0.735. The lowest BCUT2D eigenvalue weighted by molar-refractivity contribution is 0.0640. The Bertz CT molecular complexity index is 738. The van der Waals surface area contributed by atoms with E-state index in [1.165, 1.54) is 12.3 Å². The van der Waals surface area contributed by atoms with Crippen molar-refractivity contribution in [2.45, 2.75) is 6.54 Å². The van der Waals surface area contributed by atoms with Crippen LogP contribution in [0.5, 0.6) is 0 Å². The second-order valence-electron chi connectivity index (χ2n) is 4.56. The summed E-state index contributed by atoms with van der Waals surface area (Å²) in [7, 11) is 0. The molecule has 0 radical (unpaired) electrons. The highest BCUT2D eigenvalue weighted by Gasteiger charge is 2.35. The molecule has 1 aromatic carbocycles. The highest BCUT2D eigenvalue weighted by atomic mass is 35.5. The Morgan fingerprint density at radius 3 is 2.29 bits per heavy atom. The number of fused-ring (bicyclic) bond motifs is 1. The second-order valence-corrected chi connectivity index (χ2v) is 4.96. The first-order chi connectivity index (χ1) is 10.1. The highest BCUT2D eigenvalue weighted by Crippen LogP contribution is 2.25. The molecule has 6 heteroatoms. The third-order valence-electron chi connectivity index (χ3n) is 3.26. The summed E-state index contributed by atoms with van der Waals surface area (Å²) in [4.78, 5) is 40.2. The highest BCUT2D eigenvalue weighted by molar-refractivity contribution is 6.31. The van der Waals surface area contributed by atoms with Crippen molar-refractivity contribution >= 4 is 29.7 Å². The van der Waals surface area contributed by atoms with Gasteiger partial charge in [-0.2, -0.15) is 0 Å². The van der Waals surface area contributed by atoms with Crippen LogP contribution in [0.3, 0.4) is 0 Å². The van der Waals surface area contributed by atoms with Gasteiger partial charge in [0.25, 0.3) is 11.8 Å². The maximum absolute atomic E-state index is 12.2. The molecule has 0 saturated carbocycles. The van der Waals surface area contributed by atoms with Crippen molar-refractivity contribution in [2.24, 2.45) is 0 Å². The molecule has 0 fully saturated rings. The molecule has 1 aliphatic heterocycles. The molecule has 0 bridgehead atoms. The molecular formula is C15H9ClN2O3. The van der Waals surface area contributed by atoms with Crippen LogP contribution in [0, 0.1) is 0 Å². The minimum atomic E-state index is -0.368. The van der Waals surface area contributed by atoms with E-state index in [1.807, 2.05) is 0 Å². The zero-order chi connectivity index (χ0) is 15.0. The van der Waals surface area contributed by atoms with Gasteiger partial charge in [-0.1, -0.05) is 23.7 Å². The topological polar surface area (TPSA) is 67.3 Å². The number of halogens is 1. The number of pyridine rings is 1. The van der Waals surface area contributed by atoms with Gasteiger partial charge < -0.3 is 0 Å². The van der Waals surface area contributed by atoms with E-state index in [1.54, 1.807) is 24.3 Å². The van der Waals surface area contributed by atoms with Gasteiger partial charge >= 0.3 is 0 Å². The molecule has 0 aliphatic carbocycles. The quantitative estimate of drug-likeness (QED) is 0.644. The average molecular weight is 301 g/mol. The first-order valence-corrected chi connectivity index (χ1v) is 6.54. The monoisotopic (exact) mass is 300 g/mol. The van der Waals surface area contributed by atoms with Crippen molar-refractivity contribution in [3.8, 4) is 0 Å². The summed E-state index contributed by atoms with van der Waals surface area (Å²) in [6.45, 7) is -0.0235. The van der Waals surface area contributed by atoms with Gasteiger partial charge in [-0.25, -0.2) is 0 Å². The van der Waals surface area contributed by atoms with E-state index in [9.17, 15) is 14.4 Å². The Kier molecular flexibility index (Phi) is 3.27. The maximum Gasteiger partial charge on any atom is 0.261 e. The normalized spacial score (nSPS) is 13.5. The molecule has 5 nitrogen and oxygen atoms in total. The molecule has 2 amide bonds. The summed E-state index contributed by atoms with van der Waals surface area (Å²) < 4.78 is 0. The molecule has 2 aromatic rings. The van der Waals surface area contributed by atoms with Crippen LogP contribution in [-0.4, -0.2) is 28.0 Å². The molecule has 0 saturated heterocycles. The van der Waals surface area contributed by atoms with Gasteiger partial charge in [-0.15, -0.1) is 0 Å². The summed E-state index contributed by atoms with van der Waals surface area (Å²) >= 11 is 6.02. The zero-order valence-electron chi connectivity index (χ0n) is 10.7. The van der Waals surface area contributed by atoms with Crippen LogP contribution in [0.15, 0.2) is 36.5 Å². The predicted octanol–water partition coefficient (Wildman–Crippen LogP) is 2.34. The van der Waals surface area contributed by atoms with E-state index in [4.69, 9.17) is 11.6 Å². The van der Waals surface area contributed by atoms with Crippen LogP contribution in [0.1, 0.15) is 36.8 Å². The van der Waals surface area contributed by atoms with Crippen LogP contribution in [0.4, 0.5) is 0 Å². The summed E-state index contributed by atoms with van der Waals surface area (Å²) in [5, 5.41) is 0.246. The lowest BCUT2D eigenvalue weighted by atomic mass is 10.1. The molecule has 0 unspecified atom stereocenters. The number of carbonyl (C=O) groups excluding carboxylic acids is 3. The average Bonchev–Trinajstić information content (AvgIpc) is 2.74. The van der Waals surface area contributed by atoms with Crippen LogP contribution in [0.25, 0.3) is 0 Å². The summed E-state index contributed by atoms with van der Waals surface area (Å²) in [6.07, 6.45) is 1.98. The van der Waals surface area contributed by atoms with E-state index in [0.29, 0.717) is 28.7 Å². The molecule has 0 atom stereocenters. The number of amides is 2. The van der Waals surface area contributed by atoms with Crippen molar-refractivity contribution in [3.05, 3.63) is 63.9 Å². The molecule has 1 aliphatic rings. The lowest BCUT2D eigenvalue weighted by Crippen LogP contribution is -2.29. The van der Waals surface area contributed by atoms with Crippen LogP contribution in [0.2, 0.25) is 5.02 Å². The van der Waals surface area contributed by atoms with E-state index in [2.05, 4.69) is 4.98 Å². The van der Waals surface area contributed by atoms with Gasteiger partial charge in [-0.05, 0) is 18.2 Å². The Morgan fingerprint density at radius 1 is 1.14 bits per heavy atom. The first kappa shape index (κ1) is 13.5. The standard InChI is InChI=1S/C15H9ClN2O3/c16-12-5-9(8-19)6-17-13(12)7-18-14(20)10-3-1-2-4-11(10)15(18)21/h1-6,8H,7H2. The van der Waals surface area contributed by atoms with Crippen molar-refractivity contribution < 1.29 is 14.4 Å². The van der Waals surface area contributed by atoms with E-state index < -0.39 is 0 Å². The number of hydrogen-bond donors (Lipinski definition) is 0. The first-order valence-electron chi connectivity index (χ1n) is 6.16. The fourth-order valence-corrected chi connectivity index (χ4v) is 2.43. The zero-order valence-corrected chi connectivity index (χ0v) is 11.5. The van der Waals surface area contributed by atoms with Gasteiger partial charge in [0.2, 0.25) is 0 Å². The molecule has 0 spiro atoms. The fraction of sp³-hybridized carbons (Fsp3) is 0.0667. The Morgan fingerprint density at radius 2 is 1.76 bits per heavy atom. The molecule has 3 rings (SSSR count). The fourth-order valence-electron chi connectivity index (χ4n) is 2.19. The minimum Gasteiger partial charge on any atom is -0.298 e. The van der Waals surface area contributed by atoms with Gasteiger partial charge in [0, 0.05) is 11.8 Å². The predicted molar refractivity (Wildman–Crippen MR) is 75.3 cm³/mol. The number of benzene rings is 1. The number of hydrogen-bond acceptors (Lipinski definition) is 4. The summed E-state index contributed by atoms with van der Waals surface area (Å²) in [6, 6.07) is 8.09. The van der Waals surface area contributed by atoms with E-state index in [-0.39, 0.29) is 23.4 Å². The van der Waals surface area contributed by atoms with Gasteiger partial charge in [0.1, 0.15) is 0 Å². The van der Waals surface area contributed by atoms with Crippen molar-refractivity contribution in [1.82, 2.24) is 9.88 Å². The minimum absolute atomic E-state index is 0.0235. The molecule has 21 heavy (non-hydrogen) atoms. The lowest BCUT2D eigenvalue weighted by Gasteiger charge is -2.14. The molecular weight excluding hydrogens is 292 g/mol. The largest absolute Gasteiger partial charge is 0.298 e. The number of aromatic nitrogens is 1.